The van der Waals surface area contributed by atoms with Gasteiger partial charge < -0.3 is 14.6 Å². The number of nitrogens with one attached hydrogen (secondary N) is 1. The van der Waals surface area contributed by atoms with Crippen molar-refractivity contribution in [1.82, 2.24) is 14.3 Å². The number of nitrogens with zero attached hydrogens (tertiary/aromatic N) is 3. The highest BCUT2D eigenvalue weighted by Gasteiger charge is 2.31. The number of hydrogen-bond acceptors (Lipinski definition) is 6. The van der Waals surface area contributed by atoms with Crippen LogP contribution in [0.5, 0.6) is 0 Å². The highest BCUT2D eigenvalue weighted by Crippen LogP contribution is 2.32. The maximum Gasteiger partial charge on any atom is 0.331 e. The van der Waals surface area contributed by atoms with Crippen LogP contribution < -0.4 is 5.32 Å². The molecule has 1 atom stereocenters. The molecule has 4 aromatic rings. The van der Waals surface area contributed by atoms with Gasteiger partial charge in [-0.2, -0.15) is 5.10 Å². The Bertz CT molecular complexity index is 1700. The molecule has 1 N–H and O–H groups in total. The molecule has 11 heteroatoms. The first-order valence-electron chi connectivity index (χ1n) is 12.3. The molecule has 0 saturated carbocycles. The number of rotatable bonds is 7. The first-order valence-corrected chi connectivity index (χ1v) is 14.5. The van der Waals surface area contributed by atoms with Gasteiger partial charge in [-0.1, -0.05) is 29.8 Å². The lowest BCUT2D eigenvalue weighted by Gasteiger charge is -2.09. The van der Waals surface area contributed by atoms with E-state index in [4.69, 9.17) is 16.3 Å². The minimum absolute atomic E-state index is 0.0122. The first kappa shape index (κ1) is 26.0. The number of amides is 1. The maximum absolute atomic E-state index is 12.5. The van der Waals surface area contributed by atoms with E-state index < -0.39 is 28.3 Å². The van der Waals surface area contributed by atoms with Gasteiger partial charge in [0.1, 0.15) is 5.15 Å². The zero-order valence-electron chi connectivity index (χ0n) is 21.0. The van der Waals surface area contributed by atoms with Gasteiger partial charge in [0.2, 0.25) is 0 Å². The van der Waals surface area contributed by atoms with Crippen LogP contribution in [0.15, 0.2) is 48.5 Å². The number of ether oxygens (including phenoxy) is 1. The molecule has 9 nitrogen and oxygen atoms in total. The Balaban J connectivity index is 1.22. The van der Waals surface area contributed by atoms with Gasteiger partial charge in [0.15, 0.2) is 16.4 Å². The Morgan fingerprint density at radius 2 is 1.95 bits per heavy atom. The van der Waals surface area contributed by atoms with Crippen LogP contribution in [0.2, 0.25) is 5.15 Å². The number of carbonyl (C=O) groups is 2. The zero-order valence-corrected chi connectivity index (χ0v) is 22.6. The minimum atomic E-state index is -3.10. The predicted molar refractivity (Wildman–Crippen MR) is 148 cm³/mol. The minimum Gasteiger partial charge on any atom is -0.452 e. The number of anilines is 1. The zero-order chi connectivity index (χ0) is 27.0. The van der Waals surface area contributed by atoms with Gasteiger partial charge in [0.25, 0.3) is 5.91 Å². The van der Waals surface area contributed by atoms with Crippen LogP contribution in [0.3, 0.4) is 0 Å². The van der Waals surface area contributed by atoms with Crippen molar-refractivity contribution in [2.24, 2.45) is 0 Å². The molecule has 0 spiro atoms. The lowest BCUT2D eigenvalue weighted by atomic mass is 10.1. The van der Waals surface area contributed by atoms with E-state index in [1.54, 1.807) is 6.92 Å². The highest BCUT2D eigenvalue weighted by molar-refractivity contribution is 7.91. The SMILES string of the molecule is CCn1c2ccccc2c2cc(NC(=O)COC(=O)/C=C/c3c(C)nn([C@H]4CCS(=O)(=O)C4)c3Cl)ccc21. The summed E-state index contributed by atoms with van der Waals surface area (Å²) in [6.07, 6.45) is 3.07. The van der Waals surface area contributed by atoms with E-state index in [-0.39, 0.29) is 22.7 Å². The molecule has 0 aliphatic carbocycles. The third kappa shape index (κ3) is 5.06. The molecule has 38 heavy (non-hydrogen) atoms. The molecule has 1 fully saturated rings. The number of sulfone groups is 1. The fourth-order valence-electron chi connectivity index (χ4n) is 4.94. The predicted octanol–water partition coefficient (Wildman–Crippen LogP) is 4.53. The van der Waals surface area contributed by atoms with E-state index in [0.717, 1.165) is 28.4 Å². The van der Waals surface area contributed by atoms with Crippen molar-refractivity contribution in [1.29, 1.82) is 0 Å². The number of esters is 1. The molecule has 0 radical (unpaired) electrons. The number of carbonyl (C=O) groups excluding carboxylic acids is 2. The van der Waals surface area contributed by atoms with Gasteiger partial charge in [0.05, 0.1) is 23.2 Å². The molecular weight excluding hydrogens is 528 g/mol. The largest absolute Gasteiger partial charge is 0.452 e. The average Bonchev–Trinajstić information content (AvgIpc) is 3.51. The topological polar surface area (TPSA) is 112 Å². The smallest absolute Gasteiger partial charge is 0.331 e. The average molecular weight is 555 g/mol. The third-order valence-corrected chi connectivity index (χ3v) is 8.86. The van der Waals surface area contributed by atoms with Crippen molar-refractivity contribution >= 4 is 66.9 Å². The van der Waals surface area contributed by atoms with E-state index in [1.165, 1.54) is 16.8 Å². The summed E-state index contributed by atoms with van der Waals surface area (Å²) in [6.45, 7) is 4.18. The number of benzene rings is 2. The van der Waals surface area contributed by atoms with Gasteiger partial charge in [0, 0.05) is 45.7 Å². The standard InChI is InChI=1S/C27H27ClN4O5S/c1-3-31-23-7-5-4-6-21(23)22-14-18(8-10-24(22)31)29-25(33)15-37-26(34)11-9-20-17(2)30-32(27(20)28)19-12-13-38(35,36)16-19/h4-11,14,19H,3,12-13,15-16H2,1-2H3,(H,29,33)/b11-9+/t19-/m0/s1. The summed E-state index contributed by atoms with van der Waals surface area (Å²) >= 11 is 6.43. The molecule has 3 heterocycles. The molecule has 2 aromatic heterocycles. The van der Waals surface area contributed by atoms with Crippen molar-refractivity contribution in [3.8, 4) is 0 Å². The fraction of sp³-hybridized carbons (Fsp3) is 0.296. The number of aromatic nitrogens is 3. The van der Waals surface area contributed by atoms with Crippen molar-refractivity contribution in [3.05, 3.63) is 65.0 Å². The Kier molecular flexibility index (Phi) is 7.02. The van der Waals surface area contributed by atoms with Gasteiger partial charge in [-0.15, -0.1) is 0 Å². The second-order valence-electron chi connectivity index (χ2n) is 9.27. The second kappa shape index (κ2) is 10.3. The van der Waals surface area contributed by atoms with Crippen molar-refractivity contribution in [2.75, 3.05) is 23.4 Å². The van der Waals surface area contributed by atoms with Crippen LogP contribution in [-0.4, -0.2) is 52.8 Å². The maximum atomic E-state index is 12.5. The highest BCUT2D eigenvalue weighted by atomic mass is 35.5. The Hall–Kier alpha value is -3.63. The molecule has 1 amide bonds. The Morgan fingerprint density at radius 3 is 2.68 bits per heavy atom. The van der Waals surface area contributed by atoms with Crippen molar-refractivity contribution < 1.29 is 22.7 Å². The molecule has 1 aliphatic rings. The lowest BCUT2D eigenvalue weighted by molar-refractivity contribution is -0.142. The van der Waals surface area contributed by atoms with Crippen molar-refractivity contribution in [2.45, 2.75) is 32.9 Å². The van der Waals surface area contributed by atoms with Crippen LogP contribution in [0.25, 0.3) is 27.9 Å². The molecule has 0 bridgehead atoms. The second-order valence-corrected chi connectivity index (χ2v) is 11.9. The number of aryl methyl sites for hydroxylation is 2. The number of halogens is 1. The number of fused-ring (bicyclic) bond motifs is 3. The quantitative estimate of drug-likeness (QED) is 0.265. The van der Waals surface area contributed by atoms with Gasteiger partial charge >= 0.3 is 5.97 Å². The van der Waals surface area contributed by atoms with Crippen LogP contribution >= 0.6 is 11.6 Å². The van der Waals surface area contributed by atoms with E-state index >= 15 is 0 Å². The number of hydrogen-bond donors (Lipinski definition) is 1. The monoisotopic (exact) mass is 554 g/mol. The molecule has 2 aromatic carbocycles. The van der Waals surface area contributed by atoms with Gasteiger partial charge in [-0.3, -0.25) is 4.79 Å². The summed E-state index contributed by atoms with van der Waals surface area (Å²) in [7, 11) is -3.10. The van der Waals surface area contributed by atoms with Crippen molar-refractivity contribution in [3.63, 3.8) is 0 Å². The molecule has 5 rings (SSSR count). The fourth-order valence-corrected chi connectivity index (χ4v) is 7.00. The van der Waals surface area contributed by atoms with Gasteiger partial charge in [-0.05, 0) is 50.6 Å². The first-order chi connectivity index (χ1) is 18.2. The van der Waals surface area contributed by atoms with E-state index in [0.29, 0.717) is 23.4 Å². The molecule has 198 valence electrons. The van der Waals surface area contributed by atoms with Crippen LogP contribution in [-0.2, 0) is 30.7 Å². The summed E-state index contributed by atoms with van der Waals surface area (Å²) in [5.74, 6) is -1.09. The number of para-hydroxylation sites is 1. The van der Waals surface area contributed by atoms with E-state index in [1.807, 2.05) is 30.3 Å². The summed E-state index contributed by atoms with van der Waals surface area (Å²) < 4.78 is 32.4. The van der Waals surface area contributed by atoms with E-state index in [2.05, 4.69) is 34.0 Å². The molecule has 1 saturated heterocycles. The Morgan fingerprint density at radius 1 is 1.18 bits per heavy atom. The molecular formula is C27H27ClN4O5S. The van der Waals surface area contributed by atoms with Gasteiger partial charge in [-0.25, -0.2) is 17.9 Å². The van der Waals surface area contributed by atoms with E-state index in [9.17, 15) is 18.0 Å². The lowest BCUT2D eigenvalue weighted by Crippen LogP contribution is -2.20. The Labute approximate surface area is 224 Å². The summed E-state index contributed by atoms with van der Waals surface area (Å²) in [5.41, 5.74) is 3.87. The summed E-state index contributed by atoms with van der Waals surface area (Å²) in [6, 6.07) is 13.5. The summed E-state index contributed by atoms with van der Waals surface area (Å²) in [4.78, 5) is 24.7. The van der Waals surface area contributed by atoms with Crippen LogP contribution in [0.4, 0.5) is 5.69 Å². The summed E-state index contributed by atoms with van der Waals surface area (Å²) in [5, 5.41) is 9.52. The normalized spacial score (nSPS) is 17.0. The molecule has 1 aliphatic heterocycles. The van der Waals surface area contributed by atoms with Crippen LogP contribution in [0, 0.1) is 6.92 Å². The molecule has 0 unspecified atom stereocenters. The third-order valence-electron chi connectivity index (χ3n) is 6.73. The van der Waals surface area contributed by atoms with Crippen LogP contribution in [0.1, 0.15) is 30.6 Å².